The van der Waals surface area contributed by atoms with E-state index in [4.69, 9.17) is 0 Å². The highest BCUT2D eigenvalue weighted by Gasteiger charge is 2.22. The Labute approximate surface area is 98.7 Å². The second kappa shape index (κ2) is 4.45. The van der Waals surface area contributed by atoms with Crippen LogP contribution in [-0.4, -0.2) is 6.04 Å². The van der Waals surface area contributed by atoms with Crippen molar-refractivity contribution < 1.29 is 0 Å². The topological polar surface area (TPSA) is 12.0 Å². The van der Waals surface area contributed by atoms with Crippen LogP contribution in [-0.2, 0) is 0 Å². The van der Waals surface area contributed by atoms with Crippen molar-refractivity contribution in [2.75, 3.05) is 0 Å². The summed E-state index contributed by atoms with van der Waals surface area (Å²) in [7, 11) is 0. The Morgan fingerprint density at radius 1 is 1.43 bits per heavy atom. The molecule has 1 aromatic carbocycles. The lowest BCUT2D eigenvalue weighted by molar-refractivity contribution is 0.613. The molecule has 1 saturated heterocycles. The van der Waals surface area contributed by atoms with Crippen LogP contribution in [0.3, 0.4) is 0 Å². The number of benzene rings is 1. The molecule has 2 heteroatoms. The molecule has 0 unspecified atom stereocenters. The van der Waals surface area contributed by atoms with Crippen molar-refractivity contribution in [2.45, 2.75) is 24.9 Å². The molecule has 0 radical (unpaired) electrons. The Balaban J connectivity index is 2.13. The Morgan fingerprint density at radius 2 is 2.29 bits per heavy atom. The maximum Gasteiger partial charge on any atom is 0.0326 e. The Hall–Kier alpha value is -0.350. The zero-order valence-electron chi connectivity index (χ0n) is 8.04. The average molecular weight is 299 g/mol. The monoisotopic (exact) mass is 299 g/mol. The van der Waals surface area contributed by atoms with Gasteiger partial charge in [0.25, 0.3) is 0 Å². The second-order valence-corrected chi connectivity index (χ2v) is 4.94. The van der Waals surface area contributed by atoms with Crippen molar-refractivity contribution in [1.82, 2.24) is 5.32 Å². The normalized spacial score (nSPS) is 26.4. The van der Waals surface area contributed by atoms with Gasteiger partial charge < -0.3 is 5.32 Å². The van der Waals surface area contributed by atoms with Crippen LogP contribution in [0.1, 0.15) is 24.4 Å². The third-order valence-corrected chi connectivity index (χ3v) is 3.39. The van der Waals surface area contributed by atoms with Crippen LogP contribution in [0, 0.1) is 3.57 Å². The molecule has 1 aliphatic heterocycles. The molecule has 1 fully saturated rings. The van der Waals surface area contributed by atoms with Gasteiger partial charge in [0.1, 0.15) is 0 Å². The quantitative estimate of drug-likeness (QED) is 0.653. The lowest BCUT2D eigenvalue weighted by Crippen LogP contribution is -2.21. The Bertz CT molecular complexity index is 335. The van der Waals surface area contributed by atoms with Crippen molar-refractivity contribution >= 4 is 22.6 Å². The molecule has 0 spiro atoms. The standard InChI is InChI=1S/C12H14IN/c1-2-11-6-7-12(14-11)9-4-3-5-10(13)8-9/h2-5,8,11-12,14H,1,6-7H2/t11-,12-/m0/s1. The summed E-state index contributed by atoms with van der Waals surface area (Å²) >= 11 is 2.36. The van der Waals surface area contributed by atoms with E-state index >= 15 is 0 Å². The van der Waals surface area contributed by atoms with Crippen molar-refractivity contribution in [3.05, 3.63) is 46.1 Å². The minimum absolute atomic E-state index is 0.498. The lowest BCUT2D eigenvalue weighted by atomic mass is 10.1. The number of rotatable bonds is 2. The molecule has 2 rings (SSSR count). The van der Waals surface area contributed by atoms with Crippen LogP contribution >= 0.6 is 22.6 Å². The smallest absolute Gasteiger partial charge is 0.0326 e. The summed E-state index contributed by atoms with van der Waals surface area (Å²) in [6.45, 7) is 3.82. The van der Waals surface area contributed by atoms with Gasteiger partial charge in [-0.1, -0.05) is 18.2 Å². The first-order valence-corrected chi connectivity index (χ1v) is 6.01. The first-order valence-electron chi connectivity index (χ1n) is 4.93. The number of hydrogen-bond acceptors (Lipinski definition) is 1. The molecule has 0 saturated carbocycles. The molecule has 0 bridgehead atoms. The van der Waals surface area contributed by atoms with E-state index in [2.05, 4.69) is 58.8 Å². The zero-order chi connectivity index (χ0) is 9.97. The molecular weight excluding hydrogens is 285 g/mol. The van der Waals surface area contributed by atoms with Gasteiger partial charge in [-0.15, -0.1) is 6.58 Å². The van der Waals surface area contributed by atoms with Gasteiger partial charge in [-0.05, 0) is 53.1 Å². The highest BCUT2D eigenvalue weighted by atomic mass is 127. The number of halogens is 1. The largest absolute Gasteiger partial charge is 0.304 e. The van der Waals surface area contributed by atoms with E-state index in [0.717, 1.165) is 0 Å². The fourth-order valence-electron chi connectivity index (χ4n) is 1.94. The van der Waals surface area contributed by atoms with Crippen LogP contribution in [0.15, 0.2) is 36.9 Å². The number of hydrogen-bond donors (Lipinski definition) is 1. The van der Waals surface area contributed by atoms with E-state index < -0.39 is 0 Å². The summed E-state index contributed by atoms with van der Waals surface area (Å²) in [5.41, 5.74) is 1.40. The lowest BCUT2D eigenvalue weighted by Gasteiger charge is -2.12. The molecule has 1 aromatic rings. The molecule has 0 aliphatic carbocycles. The van der Waals surface area contributed by atoms with Gasteiger partial charge in [0.15, 0.2) is 0 Å². The molecule has 1 aliphatic rings. The van der Waals surface area contributed by atoms with Crippen molar-refractivity contribution in [3.63, 3.8) is 0 Å². The second-order valence-electron chi connectivity index (χ2n) is 3.69. The van der Waals surface area contributed by atoms with Crippen molar-refractivity contribution in [2.24, 2.45) is 0 Å². The van der Waals surface area contributed by atoms with Gasteiger partial charge in [0, 0.05) is 15.7 Å². The van der Waals surface area contributed by atoms with Gasteiger partial charge in [-0.2, -0.15) is 0 Å². The summed E-state index contributed by atoms with van der Waals surface area (Å²) in [6.07, 6.45) is 4.43. The first-order chi connectivity index (χ1) is 6.79. The fraction of sp³-hybridized carbons (Fsp3) is 0.333. The molecule has 14 heavy (non-hydrogen) atoms. The Morgan fingerprint density at radius 3 is 2.93 bits per heavy atom. The third-order valence-electron chi connectivity index (χ3n) is 2.72. The average Bonchev–Trinajstić information content (AvgIpc) is 2.66. The minimum atomic E-state index is 0.498. The van der Waals surface area contributed by atoms with Gasteiger partial charge in [-0.3, -0.25) is 0 Å². The van der Waals surface area contributed by atoms with Crippen LogP contribution in [0.2, 0.25) is 0 Å². The van der Waals surface area contributed by atoms with Crippen molar-refractivity contribution in [1.29, 1.82) is 0 Å². The number of nitrogens with one attached hydrogen (secondary N) is 1. The first kappa shape index (κ1) is 10.2. The molecular formula is C12H14IN. The summed E-state index contributed by atoms with van der Waals surface area (Å²) < 4.78 is 1.31. The fourth-order valence-corrected chi connectivity index (χ4v) is 2.51. The van der Waals surface area contributed by atoms with Crippen LogP contribution in [0.25, 0.3) is 0 Å². The minimum Gasteiger partial charge on any atom is -0.304 e. The molecule has 0 amide bonds. The summed E-state index contributed by atoms with van der Waals surface area (Å²) in [5.74, 6) is 0. The van der Waals surface area contributed by atoms with Gasteiger partial charge >= 0.3 is 0 Å². The predicted octanol–water partition coefficient (Wildman–Crippen LogP) is 3.27. The third kappa shape index (κ3) is 2.17. The SMILES string of the molecule is C=C[C@H]1CC[C@@H](c2cccc(I)c2)N1. The Kier molecular flexibility index (Phi) is 3.23. The highest BCUT2D eigenvalue weighted by Crippen LogP contribution is 2.27. The molecule has 1 heterocycles. The van der Waals surface area contributed by atoms with Crippen LogP contribution in [0.5, 0.6) is 0 Å². The van der Waals surface area contributed by atoms with E-state index in [1.165, 1.54) is 22.0 Å². The van der Waals surface area contributed by atoms with E-state index in [1.54, 1.807) is 0 Å². The van der Waals surface area contributed by atoms with Gasteiger partial charge in [-0.25, -0.2) is 0 Å². The van der Waals surface area contributed by atoms with Crippen LogP contribution < -0.4 is 5.32 Å². The van der Waals surface area contributed by atoms with E-state index in [-0.39, 0.29) is 0 Å². The maximum absolute atomic E-state index is 3.82. The molecule has 74 valence electrons. The summed E-state index contributed by atoms with van der Waals surface area (Å²) in [4.78, 5) is 0. The maximum atomic E-state index is 3.82. The van der Waals surface area contributed by atoms with E-state index in [0.29, 0.717) is 12.1 Å². The molecule has 0 aromatic heterocycles. The van der Waals surface area contributed by atoms with Gasteiger partial charge in [0.2, 0.25) is 0 Å². The molecule has 1 nitrogen and oxygen atoms in total. The van der Waals surface area contributed by atoms with E-state index in [9.17, 15) is 0 Å². The van der Waals surface area contributed by atoms with Crippen LogP contribution in [0.4, 0.5) is 0 Å². The molecule has 2 atom stereocenters. The highest BCUT2D eigenvalue weighted by molar-refractivity contribution is 14.1. The zero-order valence-corrected chi connectivity index (χ0v) is 10.2. The van der Waals surface area contributed by atoms with Crippen molar-refractivity contribution in [3.8, 4) is 0 Å². The molecule has 1 N–H and O–H groups in total. The summed E-state index contributed by atoms with van der Waals surface area (Å²) in [6, 6.07) is 9.73. The van der Waals surface area contributed by atoms with Gasteiger partial charge in [0.05, 0.1) is 0 Å². The summed E-state index contributed by atoms with van der Waals surface area (Å²) in [5, 5.41) is 3.56. The van der Waals surface area contributed by atoms with E-state index in [1.807, 2.05) is 6.08 Å². The predicted molar refractivity (Wildman–Crippen MR) is 68.3 cm³/mol.